The van der Waals surface area contributed by atoms with Crippen molar-refractivity contribution in [3.05, 3.63) is 23.3 Å². The summed E-state index contributed by atoms with van der Waals surface area (Å²) in [6, 6.07) is 2.23. The van der Waals surface area contributed by atoms with Gasteiger partial charge >= 0.3 is 0 Å². The number of ketones is 2. The number of likely N-dealkylation sites (N-methyl/N-ethyl adjacent to an activating group) is 1. The molecule has 1 aliphatic heterocycles. The summed E-state index contributed by atoms with van der Waals surface area (Å²) in [6.07, 6.45) is 11.9. The molecular weight excluding hydrogens is 510 g/mol. The zero-order chi connectivity index (χ0) is 29.6. The first kappa shape index (κ1) is 27.6. The van der Waals surface area contributed by atoms with E-state index < -0.39 is 10.8 Å². The molecule has 0 aromatic rings. The Kier molecular flexibility index (Phi) is 5.25. The first-order chi connectivity index (χ1) is 19.0. The summed E-state index contributed by atoms with van der Waals surface area (Å²) in [5.41, 5.74) is -0.0877. The summed E-state index contributed by atoms with van der Waals surface area (Å²) in [4.78, 5) is 45.4. The van der Waals surface area contributed by atoms with E-state index in [4.69, 9.17) is 0 Å². The molecule has 1 spiro atoms. The Morgan fingerprint density at radius 1 is 0.902 bits per heavy atom. The SMILES string of the molecule is CN1CCN([C@]23CCC(C)(C)C[C@H]2[C@H]2C(=O)C=C4[C@@]5(C)C=C(C#N)C(=O)C6(C)CC65CC[C@@]4(C)[C@]2(C)CC3)CC1=O. The largest absolute Gasteiger partial charge is 0.343 e. The maximum Gasteiger partial charge on any atom is 0.236 e. The molecule has 1 saturated heterocycles. The Morgan fingerprint density at radius 2 is 1.61 bits per heavy atom. The van der Waals surface area contributed by atoms with Gasteiger partial charge in [0.1, 0.15) is 6.07 Å². The molecule has 8 atom stereocenters. The number of amides is 1. The lowest BCUT2D eigenvalue weighted by atomic mass is 9.35. The van der Waals surface area contributed by atoms with E-state index in [2.05, 4.69) is 52.5 Å². The number of allylic oxidation sites excluding steroid dienone is 4. The zero-order valence-corrected chi connectivity index (χ0v) is 26.2. The highest BCUT2D eigenvalue weighted by atomic mass is 16.2. The number of carbonyl (C=O) groups is 3. The Hall–Kier alpha value is -2.26. The summed E-state index contributed by atoms with van der Waals surface area (Å²) in [5.74, 6) is 0.554. The van der Waals surface area contributed by atoms with Crippen LogP contribution in [-0.2, 0) is 14.4 Å². The van der Waals surface area contributed by atoms with Crippen LogP contribution >= 0.6 is 0 Å². The molecule has 5 fully saturated rings. The Morgan fingerprint density at radius 3 is 2.29 bits per heavy atom. The molecule has 1 amide bonds. The smallest absolute Gasteiger partial charge is 0.236 e. The van der Waals surface area contributed by atoms with Crippen LogP contribution < -0.4 is 0 Å². The molecule has 6 heteroatoms. The van der Waals surface area contributed by atoms with Crippen molar-refractivity contribution in [2.75, 3.05) is 26.7 Å². The Labute approximate surface area is 245 Å². The van der Waals surface area contributed by atoms with Gasteiger partial charge in [-0.1, -0.05) is 47.6 Å². The number of Topliss-reactive ketones (excluding diaryl/α,β-unsaturated/α-hetero) is 1. The number of piperazine rings is 1. The van der Waals surface area contributed by atoms with E-state index in [9.17, 15) is 19.6 Å². The maximum absolute atomic E-state index is 14.7. The van der Waals surface area contributed by atoms with Crippen molar-refractivity contribution in [3.63, 3.8) is 0 Å². The van der Waals surface area contributed by atoms with Gasteiger partial charge in [0.25, 0.3) is 0 Å². The van der Waals surface area contributed by atoms with Crippen LogP contribution in [0.3, 0.4) is 0 Å². The number of rotatable bonds is 1. The van der Waals surface area contributed by atoms with E-state index in [0.29, 0.717) is 6.54 Å². The molecule has 4 saturated carbocycles. The Balaban J connectivity index is 1.37. The van der Waals surface area contributed by atoms with Gasteiger partial charge in [0, 0.05) is 42.4 Å². The topological polar surface area (TPSA) is 81.5 Å². The predicted molar refractivity (Wildman–Crippen MR) is 156 cm³/mol. The standard InChI is InChI=1S/C35H47N3O3/c1-29(2)8-11-34(38-15-14-37(7)26(40)20-38)12-9-31(4)27(23(34)18-29)24(39)16-25-30(31,3)10-13-35-21-33(35,6)28(41)22(19-36)17-32(25,35)5/h16-17,23,27H,8-15,18,20-21H2,1-7H3/t23-,27-,30+,31+,32+,33?,34-,35?/m0/s1. The predicted octanol–water partition coefficient (Wildman–Crippen LogP) is 5.49. The number of hydrogen-bond acceptors (Lipinski definition) is 5. The van der Waals surface area contributed by atoms with Gasteiger partial charge in [-0.25, -0.2) is 0 Å². The zero-order valence-electron chi connectivity index (χ0n) is 26.2. The van der Waals surface area contributed by atoms with Crippen molar-refractivity contribution in [2.24, 2.45) is 44.3 Å². The van der Waals surface area contributed by atoms with E-state index in [-0.39, 0.29) is 62.1 Å². The van der Waals surface area contributed by atoms with E-state index in [1.807, 2.05) is 24.1 Å². The fraction of sp³-hybridized carbons (Fsp3) is 0.771. The van der Waals surface area contributed by atoms with Crippen LogP contribution in [0.1, 0.15) is 92.9 Å². The quantitative estimate of drug-likeness (QED) is 0.426. The highest BCUT2D eigenvalue weighted by Crippen LogP contribution is 2.85. The van der Waals surface area contributed by atoms with Crippen molar-refractivity contribution >= 4 is 17.5 Å². The second-order valence-corrected chi connectivity index (χ2v) is 16.8. The van der Waals surface area contributed by atoms with Crippen LogP contribution in [0, 0.1) is 55.7 Å². The minimum atomic E-state index is -0.506. The fourth-order valence-electron chi connectivity index (χ4n) is 12.0. The van der Waals surface area contributed by atoms with E-state index in [1.165, 1.54) is 5.57 Å². The molecule has 0 bridgehead atoms. The molecule has 220 valence electrons. The van der Waals surface area contributed by atoms with Gasteiger partial charge in [-0.15, -0.1) is 0 Å². The summed E-state index contributed by atoms with van der Waals surface area (Å²) in [7, 11) is 1.90. The van der Waals surface area contributed by atoms with Crippen LogP contribution in [0.4, 0.5) is 0 Å². The van der Waals surface area contributed by atoms with Gasteiger partial charge in [-0.2, -0.15) is 5.26 Å². The van der Waals surface area contributed by atoms with Crippen molar-refractivity contribution < 1.29 is 14.4 Å². The van der Waals surface area contributed by atoms with Crippen molar-refractivity contribution in [1.29, 1.82) is 5.26 Å². The third kappa shape index (κ3) is 3.00. The van der Waals surface area contributed by atoms with Crippen LogP contribution in [0.2, 0.25) is 0 Å². The van der Waals surface area contributed by atoms with Crippen LogP contribution in [0.5, 0.6) is 0 Å². The van der Waals surface area contributed by atoms with Crippen LogP contribution in [-0.4, -0.2) is 59.5 Å². The second kappa shape index (κ2) is 7.81. The van der Waals surface area contributed by atoms with Crippen molar-refractivity contribution in [1.82, 2.24) is 9.80 Å². The first-order valence-electron chi connectivity index (χ1n) is 16.0. The molecule has 0 N–H and O–H groups in total. The molecule has 6 aliphatic carbocycles. The molecule has 41 heavy (non-hydrogen) atoms. The third-order valence-corrected chi connectivity index (χ3v) is 14.9. The second-order valence-electron chi connectivity index (χ2n) is 16.8. The van der Waals surface area contributed by atoms with E-state index in [0.717, 1.165) is 64.5 Å². The summed E-state index contributed by atoms with van der Waals surface area (Å²) >= 11 is 0. The van der Waals surface area contributed by atoms with Gasteiger partial charge in [0.15, 0.2) is 11.6 Å². The minimum Gasteiger partial charge on any atom is -0.343 e. The van der Waals surface area contributed by atoms with Crippen molar-refractivity contribution in [3.8, 4) is 6.07 Å². The van der Waals surface area contributed by atoms with E-state index >= 15 is 0 Å². The van der Waals surface area contributed by atoms with Crippen LogP contribution in [0.15, 0.2) is 23.3 Å². The average Bonchev–Trinajstić information content (AvgIpc) is 3.56. The number of nitrogens with zero attached hydrogens (tertiary/aromatic N) is 3. The number of nitriles is 1. The Bertz CT molecular complexity index is 1400. The average molecular weight is 558 g/mol. The van der Waals surface area contributed by atoms with Gasteiger partial charge in [-0.3, -0.25) is 19.3 Å². The number of fused-ring (bicyclic) bond motifs is 6. The number of hydrogen-bond donors (Lipinski definition) is 0. The molecular formula is C35H47N3O3. The highest BCUT2D eigenvalue weighted by Gasteiger charge is 2.81. The molecule has 0 aromatic heterocycles. The minimum absolute atomic E-state index is 0.00140. The molecule has 7 rings (SSSR count). The molecule has 2 unspecified atom stereocenters. The fourth-order valence-corrected chi connectivity index (χ4v) is 12.0. The van der Waals surface area contributed by atoms with E-state index in [1.54, 1.807) is 0 Å². The summed E-state index contributed by atoms with van der Waals surface area (Å²) in [6.45, 7) is 15.9. The van der Waals surface area contributed by atoms with Crippen molar-refractivity contribution in [2.45, 2.75) is 98.4 Å². The van der Waals surface area contributed by atoms with Gasteiger partial charge in [-0.05, 0) is 90.6 Å². The third-order valence-electron chi connectivity index (χ3n) is 14.9. The lowest BCUT2D eigenvalue weighted by Crippen LogP contribution is -2.71. The molecule has 6 nitrogen and oxygen atoms in total. The lowest BCUT2D eigenvalue weighted by molar-refractivity contribution is -0.182. The van der Waals surface area contributed by atoms with Gasteiger partial charge < -0.3 is 4.90 Å². The normalized spacial score (nSPS) is 50.3. The molecule has 1 heterocycles. The maximum atomic E-state index is 14.7. The first-order valence-corrected chi connectivity index (χ1v) is 16.0. The number of carbonyl (C=O) groups excluding carboxylic acids is 3. The summed E-state index contributed by atoms with van der Waals surface area (Å²) < 4.78 is 0. The van der Waals surface area contributed by atoms with Gasteiger partial charge in [0.05, 0.1) is 12.1 Å². The van der Waals surface area contributed by atoms with Crippen LogP contribution in [0.25, 0.3) is 0 Å². The van der Waals surface area contributed by atoms with Gasteiger partial charge in [0.2, 0.25) is 5.91 Å². The monoisotopic (exact) mass is 557 g/mol. The summed E-state index contributed by atoms with van der Waals surface area (Å²) in [5, 5.41) is 9.97. The highest BCUT2D eigenvalue weighted by molar-refractivity contribution is 6.08. The lowest BCUT2D eigenvalue weighted by Gasteiger charge is -2.70. The molecule has 0 aromatic carbocycles. The molecule has 0 radical (unpaired) electrons. The molecule has 7 aliphatic rings.